The topological polar surface area (TPSA) is 25.2 Å². The molecule has 16 heavy (non-hydrogen) atoms. The maximum atomic E-state index is 5.55. The third kappa shape index (κ3) is 4.84. The minimum atomic E-state index is 0.648. The summed E-state index contributed by atoms with van der Waals surface area (Å²) < 4.78 is 5.55. The molecule has 0 fully saturated rings. The Morgan fingerprint density at radius 1 is 1.19 bits per heavy atom. The monoisotopic (exact) mass is 223 g/mol. The standard InChI is InChI=1S/C14H25NO/c1-4-6-8-13(7-5-2)15-11-14-10-9-12(3)16-14/h9-10,13,15H,4-8,11H2,1-3H3. The zero-order chi connectivity index (χ0) is 11.8. The van der Waals surface area contributed by atoms with Crippen LogP contribution in [0.5, 0.6) is 0 Å². The number of aryl methyl sites for hydroxylation is 1. The number of furan rings is 1. The summed E-state index contributed by atoms with van der Waals surface area (Å²) in [5.41, 5.74) is 0. The molecule has 0 bridgehead atoms. The van der Waals surface area contributed by atoms with E-state index in [1.54, 1.807) is 0 Å². The van der Waals surface area contributed by atoms with Crippen LogP contribution in [0.1, 0.15) is 57.5 Å². The van der Waals surface area contributed by atoms with Crippen molar-refractivity contribution >= 4 is 0 Å². The first-order valence-corrected chi connectivity index (χ1v) is 6.55. The Hall–Kier alpha value is -0.760. The first-order chi connectivity index (χ1) is 7.76. The van der Waals surface area contributed by atoms with Crippen molar-refractivity contribution in [3.63, 3.8) is 0 Å². The molecule has 1 atom stereocenters. The van der Waals surface area contributed by atoms with E-state index in [1.165, 1.54) is 32.1 Å². The normalized spacial score (nSPS) is 12.9. The third-order valence-electron chi connectivity index (χ3n) is 2.90. The summed E-state index contributed by atoms with van der Waals surface area (Å²) >= 11 is 0. The van der Waals surface area contributed by atoms with E-state index >= 15 is 0 Å². The van der Waals surface area contributed by atoms with Crippen molar-refractivity contribution in [3.05, 3.63) is 23.7 Å². The van der Waals surface area contributed by atoms with Crippen LogP contribution in [-0.4, -0.2) is 6.04 Å². The van der Waals surface area contributed by atoms with E-state index in [0.717, 1.165) is 18.1 Å². The van der Waals surface area contributed by atoms with Crippen molar-refractivity contribution < 1.29 is 4.42 Å². The summed E-state index contributed by atoms with van der Waals surface area (Å²) in [4.78, 5) is 0. The molecule has 0 aliphatic heterocycles. The number of rotatable bonds is 8. The zero-order valence-corrected chi connectivity index (χ0v) is 10.9. The lowest BCUT2D eigenvalue weighted by atomic mass is 10.1. The van der Waals surface area contributed by atoms with Crippen LogP contribution >= 0.6 is 0 Å². The molecule has 0 aromatic carbocycles. The molecule has 92 valence electrons. The highest BCUT2D eigenvalue weighted by atomic mass is 16.3. The Morgan fingerprint density at radius 3 is 2.56 bits per heavy atom. The van der Waals surface area contributed by atoms with Gasteiger partial charge in [0.1, 0.15) is 11.5 Å². The van der Waals surface area contributed by atoms with Gasteiger partial charge in [-0.1, -0.05) is 33.1 Å². The minimum absolute atomic E-state index is 0.648. The summed E-state index contributed by atoms with van der Waals surface area (Å²) in [6.45, 7) is 7.35. The van der Waals surface area contributed by atoms with Gasteiger partial charge in [-0.05, 0) is 31.9 Å². The van der Waals surface area contributed by atoms with Gasteiger partial charge in [0.2, 0.25) is 0 Å². The van der Waals surface area contributed by atoms with Gasteiger partial charge in [-0.3, -0.25) is 0 Å². The summed E-state index contributed by atoms with van der Waals surface area (Å²) in [6, 6.07) is 4.73. The van der Waals surface area contributed by atoms with E-state index < -0.39 is 0 Å². The van der Waals surface area contributed by atoms with Crippen LogP contribution in [0.3, 0.4) is 0 Å². The number of nitrogens with one attached hydrogen (secondary N) is 1. The summed E-state index contributed by atoms with van der Waals surface area (Å²) in [7, 11) is 0. The molecule has 0 aliphatic rings. The van der Waals surface area contributed by atoms with Gasteiger partial charge in [-0.2, -0.15) is 0 Å². The van der Waals surface area contributed by atoms with Crippen LogP contribution in [0.2, 0.25) is 0 Å². The molecule has 0 saturated carbocycles. The zero-order valence-electron chi connectivity index (χ0n) is 10.9. The molecule has 2 heteroatoms. The van der Waals surface area contributed by atoms with Crippen LogP contribution in [-0.2, 0) is 6.54 Å². The van der Waals surface area contributed by atoms with Crippen LogP contribution in [0.4, 0.5) is 0 Å². The molecule has 0 aliphatic carbocycles. The first-order valence-electron chi connectivity index (χ1n) is 6.55. The number of hydrogen-bond acceptors (Lipinski definition) is 2. The highest BCUT2D eigenvalue weighted by Crippen LogP contribution is 2.10. The molecule has 0 radical (unpaired) electrons. The predicted molar refractivity (Wildman–Crippen MR) is 68.5 cm³/mol. The van der Waals surface area contributed by atoms with Crippen molar-refractivity contribution in [1.29, 1.82) is 0 Å². The summed E-state index contributed by atoms with van der Waals surface area (Å²) in [5.74, 6) is 2.05. The molecule has 2 nitrogen and oxygen atoms in total. The van der Waals surface area contributed by atoms with Crippen LogP contribution in [0, 0.1) is 6.92 Å². The second kappa shape index (κ2) is 7.50. The van der Waals surface area contributed by atoms with Crippen LogP contribution in [0.15, 0.2) is 16.5 Å². The molecule has 0 spiro atoms. The van der Waals surface area contributed by atoms with Gasteiger partial charge < -0.3 is 9.73 Å². The average molecular weight is 223 g/mol. The molecular formula is C14H25NO. The number of hydrogen-bond donors (Lipinski definition) is 1. The average Bonchev–Trinajstić information content (AvgIpc) is 2.68. The molecule has 1 heterocycles. The molecular weight excluding hydrogens is 198 g/mol. The molecule has 1 aromatic heterocycles. The molecule has 1 aromatic rings. The van der Waals surface area contributed by atoms with Gasteiger partial charge in [0.25, 0.3) is 0 Å². The van der Waals surface area contributed by atoms with E-state index in [0.29, 0.717) is 6.04 Å². The van der Waals surface area contributed by atoms with Gasteiger partial charge >= 0.3 is 0 Å². The van der Waals surface area contributed by atoms with E-state index in [2.05, 4.69) is 25.2 Å². The van der Waals surface area contributed by atoms with E-state index in [1.807, 2.05) is 13.0 Å². The van der Waals surface area contributed by atoms with Gasteiger partial charge in [0.05, 0.1) is 6.54 Å². The smallest absolute Gasteiger partial charge is 0.117 e. The van der Waals surface area contributed by atoms with E-state index in [4.69, 9.17) is 4.42 Å². The van der Waals surface area contributed by atoms with Crippen molar-refractivity contribution in [1.82, 2.24) is 5.32 Å². The highest BCUT2D eigenvalue weighted by Gasteiger charge is 2.07. The fourth-order valence-corrected chi connectivity index (χ4v) is 1.97. The Labute approximate surface area is 99.4 Å². The Bertz CT molecular complexity index is 280. The number of unbranched alkanes of at least 4 members (excludes halogenated alkanes) is 1. The quantitative estimate of drug-likeness (QED) is 0.719. The SMILES string of the molecule is CCCCC(CCC)NCc1ccc(C)o1. The van der Waals surface area contributed by atoms with Crippen molar-refractivity contribution in [2.45, 2.75) is 65.5 Å². The fourth-order valence-electron chi connectivity index (χ4n) is 1.97. The fraction of sp³-hybridized carbons (Fsp3) is 0.714. The largest absolute Gasteiger partial charge is 0.465 e. The second-order valence-corrected chi connectivity index (χ2v) is 4.52. The third-order valence-corrected chi connectivity index (χ3v) is 2.90. The van der Waals surface area contributed by atoms with E-state index in [9.17, 15) is 0 Å². The molecule has 0 amide bonds. The van der Waals surface area contributed by atoms with Crippen molar-refractivity contribution in [3.8, 4) is 0 Å². The Morgan fingerprint density at radius 2 is 2.00 bits per heavy atom. The van der Waals surface area contributed by atoms with Gasteiger partial charge in [0, 0.05) is 6.04 Å². The minimum Gasteiger partial charge on any atom is -0.465 e. The summed E-state index contributed by atoms with van der Waals surface area (Å²) in [5, 5.41) is 3.59. The van der Waals surface area contributed by atoms with Crippen LogP contribution in [0.25, 0.3) is 0 Å². The molecule has 1 N–H and O–H groups in total. The lowest BCUT2D eigenvalue weighted by Gasteiger charge is -2.16. The lowest BCUT2D eigenvalue weighted by molar-refractivity contribution is 0.396. The first kappa shape index (κ1) is 13.3. The molecule has 1 rings (SSSR count). The highest BCUT2D eigenvalue weighted by molar-refractivity contribution is 5.05. The Kier molecular flexibility index (Phi) is 6.24. The van der Waals surface area contributed by atoms with Gasteiger partial charge in [-0.15, -0.1) is 0 Å². The van der Waals surface area contributed by atoms with E-state index in [-0.39, 0.29) is 0 Å². The molecule has 0 saturated heterocycles. The predicted octanol–water partition coefficient (Wildman–Crippen LogP) is 4.04. The van der Waals surface area contributed by atoms with Crippen LogP contribution < -0.4 is 5.32 Å². The van der Waals surface area contributed by atoms with Crippen molar-refractivity contribution in [2.75, 3.05) is 0 Å². The maximum Gasteiger partial charge on any atom is 0.117 e. The second-order valence-electron chi connectivity index (χ2n) is 4.52. The maximum absolute atomic E-state index is 5.55. The molecule has 1 unspecified atom stereocenters. The Balaban J connectivity index is 2.30. The van der Waals surface area contributed by atoms with Crippen molar-refractivity contribution in [2.24, 2.45) is 0 Å². The van der Waals surface area contributed by atoms with Gasteiger partial charge in [-0.25, -0.2) is 0 Å². The summed E-state index contributed by atoms with van der Waals surface area (Å²) in [6.07, 6.45) is 6.39. The lowest BCUT2D eigenvalue weighted by Crippen LogP contribution is -2.28. The van der Waals surface area contributed by atoms with Gasteiger partial charge in [0.15, 0.2) is 0 Å².